The molecule has 10 amide bonds. The molecule has 0 bridgehead atoms. The number of nitrogens with two attached hydrogens (primary N) is 1. The predicted molar refractivity (Wildman–Crippen MR) is 254 cm³/mol. The van der Waals surface area contributed by atoms with Crippen molar-refractivity contribution in [3.8, 4) is 0 Å². The van der Waals surface area contributed by atoms with Gasteiger partial charge in [0.25, 0.3) is 0 Å². The van der Waals surface area contributed by atoms with Crippen LogP contribution >= 0.6 is 0 Å². The number of carboxylic acid groups (broad SMARTS) is 2. The molecule has 0 fully saturated rings. The standard InChI is InChI=1S/C46H72N10O15/c1-10-24(6)37(44(68)52-30(19-33(47)59)41(65)51-31(20-35(61)62)42(66)53-32(46(70)71)18-22(2)3)56-43(67)36(23(4)5)55-45(69)38(26(8)57)54-34(60)21-48-39(63)25(7)49-40(64)29(50-27(9)58)17-16-28-14-12-11-13-15-28/h11-15,22-26,29-32,36-38,57H,10,16-21H2,1-9H3,(H2,47,59)(H,48,63)(H,49,64)(H,50,58)(H,51,65)(H,52,68)(H,53,66)(H,54,60)(H,55,69)(H,56,67)(H,61,62)(H,70,71)/t24-,25-,26+,29-,30-,31-,32-,36-,37-,38-/m0/s1. The molecule has 25 nitrogen and oxygen atoms in total. The van der Waals surface area contributed by atoms with Gasteiger partial charge < -0.3 is 68.9 Å². The monoisotopic (exact) mass is 1000 g/mol. The molecular formula is C46H72N10O15. The Morgan fingerprint density at radius 3 is 1.58 bits per heavy atom. The number of aliphatic hydroxyl groups excluding tert-OH is 1. The molecular weight excluding hydrogens is 933 g/mol. The number of carbonyl (C=O) groups excluding carboxylic acids is 10. The lowest BCUT2D eigenvalue weighted by molar-refractivity contribution is -0.144. The highest BCUT2D eigenvalue weighted by Crippen LogP contribution is 2.13. The average Bonchev–Trinajstić information content (AvgIpc) is 3.27. The molecule has 0 aliphatic carbocycles. The van der Waals surface area contributed by atoms with E-state index in [-0.39, 0.29) is 25.2 Å². The maximum Gasteiger partial charge on any atom is 0.326 e. The minimum atomic E-state index is -1.87. The first kappa shape index (κ1) is 61.8. The van der Waals surface area contributed by atoms with Crippen LogP contribution in [0.4, 0.5) is 0 Å². The van der Waals surface area contributed by atoms with Gasteiger partial charge in [-0.2, -0.15) is 0 Å². The Hall–Kier alpha value is -7.18. The van der Waals surface area contributed by atoms with Gasteiger partial charge in [-0.3, -0.25) is 52.7 Å². The predicted octanol–water partition coefficient (Wildman–Crippen LogP) is -2.78. The lowest BCUT2D eigenvalue weighted by Crippen LogP contribution is -2.62. The fourth-order valence-electron chi connectivity index (χ4n) is 6.82. The largest absolute Gasteiger partial charge is 0.481 e. The number of hydrogen-bond acceptors (Lipinski definition) is 13. The van der Waals surface area contributed by atoms with Gasteiger partial charge in [0, 0.05) is 6.92 Å². The highest BCUT2D eigenvalue weighted by atomic mass is 16.4. The molecule has 25 heteroatoms. The zero-order chi connectivity index (χ0) is 54.3. The number of aryl methyl sites for hydroxylation is 1. The summed E-state index contributed by atoms with van der Waals surface area (Å²) in [6.45, 7) is 12.7. The zero-order valence-corrected chi connectivity index (χ0v) is 41.6. The average molecular weight is 1010 g/mol. The van der Waals surface area contributed by atoms with Crippen LogP contribution in [0.5, 0.6) is 0 Å². The van der Waals surface area contributed by atoms with Gasteiger partial charge in [0.15, 0.2) is 0 Å². The summed E-state index contributed by atoms with van der Waals surface area (Å²) in [5, 5.41) is 50.8. The summed E-state index contributed by atoms with van der Waals surface area (Å²) in [5.41, 5.74) is 6.28. The van der Waals surface area contributed by atoms with Crippen LogP contribution in [0, 0.1) is 17.8 Å². The van der Waals surface area contributed by atoms with E-state index in [4.69, 9.17) is 5.73 Å². The topological polar surface area (TPSA) is 400 Å². The minimum Gasteiger partial charge on any atom is -0.481 e. The number of benzene rings is 1. The molecule has 1 aromatic rings. The third-order valence-corrected chi connectivity index (χ3v) is 10.9. The Kier molecular flexibility index (Phi) is 26.5. The highest BCUT2D eigenvalue weighted by Gasteiger charge is 2.37. The molecule has 0 aromatic heterocycles. The number of amides is 10. The molecule has 0 radical (unpaired) electrons. The molecule has 1 rings (SSSR count). The molecule has 0 aliphatic rings. The maximum atomic E-state index is 13.9. The quantitative estimate of drug-likeness (QED) is 0.0358. The van der Waals surface area contributed by atoms with Gasteiger partial charge in [0.1, 0.15) is 48.3 Å². The number of primary amides is 1. The zero-order valence-electron chi connectivity index (χ0n) is 41.6. The van der Waals surface area contributed by atoms with Crippen LogP contribution in [0.3, 0.4) is 0 Å². The van der Waals surface area contributed by atoms with E-state index in [9.17, 15) is 72.9 Å². The summed E-state index contributed by atoms with van der Waals surface area (Å²) in [5.74, 6) is -14.0. The van der Waals surface area contributed by atoms with Gasteiger partial charge >= 0.3 is 11.9 Å². The van der Waals surface area contributed by atoms with Crippen LogP contribution in [0.1, 0.15) is 100.0 Å². The molecule has 0 spiro atoms. The van der Waals surface area contributed by atoms with Gasteiger partial charge in [-0.15, -0.1) is 0 Å². The van der Waals surface area contributed by atoms with E-state index >= 15 is 0 Å². The van der Waals surface area contributed by atoms with Crippen LogP contribution < -0.4 is 53.6 Å². The van der Waals surface area contributed by atoms with Gasteiger partial charge in [-0.05, 0) is 56.4 Å². The first-order valence-electron chi connectivity index (χ1n) is 23.2. The normalized spacial score (nSPS) is 15.3. The number of hydrogen-bond donors (Lipinski definition) is 13. The van der Waals surface area contributed by atoms with Crippen molar-refractivity contribution in [2.45, 2.75) is 155 Å². The summed E-state index contributed by atoms with van der Waals surface area (Å²) in [4.78, 5) is 154. The van der Waals surface area contributed by atoms with Crippen molar-refractivity contribution in [1.82, 2.24) is 47.9 Å². The van der Waals surface area contributed by atoms with Crippen molar-refractivity contribution >= 4 is 71.0 Å². The summed E-state index contributed by atoms with van der Waals surface area (Å²) in [6.07, 6.45) is -2.56. The number of aliphatic hydroxyl groups is 1. The molecule has 0 heterocycles. The lowest BCUT2D eigenvalue weighted by atomic mass is 9.95. The summed E-state index contributed by atoms with van der Waals surface area (Å²) in [7, 11) is 0. The van der Waals surface area contributed by atoms with E-state index in [0.29, 0.717) is 6.42 Å². The summed E-state index contributed by atoms with van der Waals surface area (Å²) >= 11 is 0. The van der Waals surface area contributed by atoms with Gasteiger partial charge in [-0.25, -0.2) is 4.79 Å². The molecule has 396 valence electrons. The van der Waals surface area contributed by atoms with Crippen molar-refractivity contribution < 1.29 is 72.9 Å². The van der Waals surface area contributed by atoms with E-state index in [2.05, 4.69) is 47.9 Å². The van der Waals surface area contributed by atoms with E-state index in [1.165, 1.54) is 34.6 Å². The SMILES string of the molecule is CC[C@H](C)[C@H](NC(=O)[C@@H](NC(=O)[C@@H](NC(=O)CNC(=O)[C@H](C)NC(=O)[C@H](CCc1ccccc1)NC(C)=O)[C@@H](C)O)C(C)C)C(=O)N[C@@H](CC(N)=O)C(=O)N[C@@H](CC(=O)O)C(=O)N[C@@H](CC(C)C)C(=O)O. The Morgan fingerprint density at radius 2 is 1.08 bits per heavy atom. The van der Waals surface area contributed by atoms with Crippen LogP contribution in [0.25, 0.3) is 0 Å². The second kappa shape index (κ2) is 30.4. The molecule has 0 aliphatic heterocycles. The molecule has 1 aromatic carbocycles. The second-order valence-electron chi connectivity index (χ2n) is 18.0. The Bertz CT molecular complexity index is 2050. The summed E-state index contributed by atoms with van der Waals surface area (Å²) < 4.78 is 0. The molecule has 14 N–H and O–H groups in total. The molecule has 0 saturated heterocycles. The minimum absolute atomic E-state index is 0.0380. The molecule has 0 unspecified atom stereocenters. The third-order valence-electron chi connectivity index (χ3n) is 10.9. The first-order chi connectivity index (χ1) is 33.1. The van der Waals surface area contributed by atoms with E-state index < -0.39 is 157 Å². The molecule has 0 saturated carbocycles. The second-order valence-corrected chi connectivity index (χ2v) is 18.0. The van der Waals surface area contributed by atoms with Crippen LogP contribution in [-0.2, 0) is 64.0 Å². The van der Waals surface area contributed by atoms with Gasteiger partial charge in [-0.1, -0.05) is 78.3 Å². The Morgan fingerprint density at radius 1 is 0.577 bits per heavy atom. The lowest BCUT2D eigenvalue weighted by Gasteiger charge is -2.30. The molecule has 71 heavy (non-hydrogen) atoms. The number of carbonyl (C=O) groups is 12. The van der Waals surface area contributed by atoms with Crippen molar-refractivity contribution in [3.05, 3.63) is 35.9 Å². The van der Waals surface area contributed by atoms with E-state index in [1.54, 1.807) is 27.7 Å². The van der Waals surface area contributed by atoms with Gasteiger partial charge in [0.2, 0.25) is 59.1 Å². The number of aliphatic carboxylic acids is 2. The van der Waals surface area contributed by atoms with E-state index in [0.717, 1.165) is 5.56 Å². The van der Waals surface area contributed by atoms with Crippen LogP contribution in [-0.4, -0.2) is 147 Å². The van der Waals surface area contributed by atoms with Crippen molar-refractivity contribution in [3.63, 3.8) is 0 Å². The van der Waals surface area contributed by atoms with Crippen molar-refractivity contribution in [2.24, 2.45) is 23.5 Å². The number of rotatable bonds is 31. The fourth-order valence-corrected chi connectivity index (χ4v) is 6.82. The van der Waals surface area contributed by atoms with Crippen LogP contribution in [0.15, 0.2) is 30.3 Å². The smallest absolute Gasteiger partial charge is 0.326 e. The Labute approximate surface area is 412 Å². The van der Waals surface area contributed by atoms with Crippen molar-refractivity contribution in [2.75, 3.05) is 6.54 Å². The maximum absolute atomic E-state index is 13.9. The summed E-state index contributed by atoms with van der Waals surface area (Å²) in [6, 6.07) is -2.68. The first-order valence-corrected chi connectivity index (χ1v) is 23.2. The fraction of sp³-hybridized carbons (Fsp3) is 0.609. The number of nitrogens with one attached hydrogen (secondary N) is 9. The molecule has 10 atom stereocenters. The Balaban J connectivity index is 3.13. The van der Waals surface area contributed by atoms with E-state index in [1.807, 2.05) is 30.3 Å². The number of carboxylic acids is 2. The highest BCUT2D eigenvalue weighted by molar-refractivity contribution is 5.99. The van der Waals surface area contributed by atoms with Gasteiger partial charge in [0.05, 0.1) is 25.5 Å². The van der Waals surface area contributed by atoms with Crippen LogP contribution in [0.2, 0.25) is 0 Å². The third kappa shape index (κ3) is 22.9. The van der Waals surface area contributed by atoms with Crippen molar-refractivity contribution in [1.29, 1.82) is 0 Å².